The van der Waals surface area contributed by atoms with Crippen molar-refractivity contribution in [3.63, 3.8) is 0 Å². The predicted octanol–water partition coefficient (Wildman–Crippen LogP) is 1.90. The maximum atomic E-state index is 14.0. The fourth-order valence-corrected chi connectivity index (χ4v) is 2.77. The molecule has 0 aliphatic rings. The van der Waals surface area contributed by atoms with Gasteiger partial charge in [-0.25, -0.2) is 17.9 Å². The Balaban J connectivity index is 2.66. The second kappa shape index (κ2) is 5.58. The van der Waals surface area contributed by atoms with E-state index in [0.29, 0.717) is 17.4 Å². The molecule has 0 fully saturated rings. The van der Waals surface area contributed by atoms with Crippen LogP contribution in [0, 0.1) is 5.82 Å². The van der Waals surface area contributed by atoms with Crippen LogP contribution in [0.25, 0.3) is 11.4 Å². The molecule has 6 nitrogen and oxygen atoms in total. The molecule has 0 atom stereocenters. The molecule has 108 valence electrons. The highest BCUT2D eigenvalue weighted by molar-refractivity contribution is 9.10. The first-order valence-electron chi connectivity index (χ1n) is 5.76. The Morgan fingerprint density at radius 1 is 1.40 bits per heavy atom. The third kappa shape index (κ3) is 2.89. The number of hydrogen-bond acceptors (Lipinski definition) is 4. The van der Waals surface area contributed by atoms with Crippen LogP contribution in [-0.2, 0) is 16.6 Å². The molecule has 0 unspecified atom stereocenters. The molecule has 0 amide bonds. The molecule has 0 bridgehead atoms. The highest BCUT2D eigenvalue weighted by Crippen LogP contribution is 2.25. The smallest absolute Gasteiger partial charge is 0.273 e. The number of aromatic nitrogens is 3. The molecule has 2 aromatic rings. The lowest BCUT2D eigenvalue weighted by Crippen LogP contribution is -2.19. The van der Waals surface area contributed by atoms with E-state index in [9.17, 15) is 12.8 Å². The number of benzene rings is 1. The molecule has 2 rings (SSSR count). The first-order chi connectivity index (χ1) is 9.34. The van der Waals surface area contributed by atoms with Crippen LogP contribution in [0.4, 0.5) is 4.39 Å². The summed E-state index contributed by atoms with van der Waals surface area (Å²) in [5.41, 5.74) is 0.170. The van der Waals surface area contributed by atoms with E-state index < -0.39 is 15.8 Å². The van der Waals surface area contributed by atoms with Crippen LogP contribution >= 0.6 is 15.9 Å². The van der Waals surface area contributed by atoms with Crippen LogP contribution in [0.1, 0.15) is 13.3 Å². The van der Waals surface area contributed by atoms with Crippen LogP contribution in [-0.4, -0.2) is 23.2 Å². The minimum atomic E-state index is -4.01. The number of primary sulfonamides is 1. The maximum absolute atomic E-state index is 14.0. The van der Waals surface area contributed by atoms with Crippen molar-refractivity contribution in [2.45, 2.75) is 25.0 Å². The Morgan fingerprint density at radius 2 is 2.10 bits per heavy atom. The summed E-state index contributed by atoms with van der Waals surface area (Å²) < 4.78 is 38.8. The Morgan fingerprint density at radius 3 is 2.65 bits per heavy atom. The average molecular weight is 363 g/mol. The standard InChI is InChI=1S/C11H12BrFN4O2S/c1-2-5-17-10(15-16-11(17)20(14,18)19)8-4-3-7(12)6-9(8)13/h3-4,6H,2,5H2,1H3,(H2,14,18,19). The molecule has 20 heavy (non-hydrogen) atoms. The van der Waals surface area contributed by atoms with Crippen molar-refractivity contribution in [2.24, 2.45) is 5.14 Å². The second-order valence-corrected chi connectivity index (χ2v) is 6.50. The van der Waals surface area contributed by atoms with E-state index in [2.05, 4.69) is 26.1 Å². The number of nitrogens with zero attached hydrogens (tertiary/aromatic N) is 3. The monoisotopic (exact) mass is 362 g/mol. The van der Waals surface area contributed by atoms with E-state index in [-0.39, 0.29) is 16.5 Å². The van der Waals surface area contributed by atoms with Crippen LogP contribution in [0.2, 0.25) is 0 Å². The third-order valence-corrected chi connectivity index (χ3v) is 3.89. The zero-order chi connectivity index (χ0) is 14.9. The summed E-state index contributed by atoms with van der Waals surface area (Å²) in [5, 5.41) is 12.1. The lowest BCUT2D eigenvalue weighted by molar-refractivity contribution is 0.558. The van der Waals surface area contributed by atoms with Crippen LogP contribution < -0.4 is 5.14 Å². The number of nitrogens with two attached hydrogens (primary N) is 1. The van der Waals surface area contributed by atoms with Gasteiger partial charge in [-0.3, -0.25) is 4.57 Å². The minimum Gasteiger partial charge on any atom is -0.297 e. The summed E-state index contributed by atoms with van der Waals surface area (Å²) in [7, 11) is -4.01. The first kappa shape index (κ1) is 15.1. The lowest BCUT2D eigenvalue weighted by Gasteiger charge is -2.08. The van der Waals surface area contributed by atoms with Crippen LogP contribution in [0.5, 0.6) is 0 Å². The Hall–Kier alpha value is -1.32. The number of halogens is 2. The minimum absolute atomic E-state index is 0.140. The maximum Gasteiger partial charge on any atom is 0.273 e. The molecule has 1 heterocycles. The van der Waals surface area contributed by atoms with Gasteiger partial charge >= 0.3 is 0 Å². The average Bonchev–Trinajstić information content (AvgIpc) is 2.73. The molecular weight excluding hydrogens is 351 g/mol. The Bertz CT molecular complexity index is 745. The summed E-state index contributed by atoms with van der Waals surface area (Å²) in [5.74, 6) is -0.383. The molecule has 0 saturated carbocycles. The molecule has 1 aromatic heterocycles. The van der Waals surface area contributed by atoms with Crippen molar-refractivity contribution in [1.29, 1.82) is 0 Å². The van der Waals surface area contributed by atoms with Gasteiger partial charge in [0.25, 0.3) is 15.2 Å². The van der Waals surface area contributed by atoms with Gasteiger partial charge in [0, 0.05) is 11.0 Å². The fourth-order valence-electron chi connectivity index (χ4n) is 1.79. The predicted molar refractivity (Wildman–Crippen MR) is 74.8 cm³/mol. The zero-order valence-electron chi connectivity index (χ0n) is 10.5. The highest BCUT2D eigenvalue weighted by atomic mass is 79.9. The normalized spacial score (nSPS) is 11.8. The van der Waals surface area contributed by atoms with Crippen molar-refractivity contribution >= 4 is 26.0 Å². The van der Waals surface area contributed by atoms with Gasteiger partial charge in [-0.15, -0.1) is 10.2 Å². The van der Waals surface area contributed by atoms with E-state index in [1.807, 2.05) is 6.92 Å². The molecule has 0 aliphatic heterocycles. The lowest BCUT2D eigenvalue weighted by atomic mass is 10.2. The Kier molecular flexibility index (Phi) is 4.21. The van der Waals surface area contributed by atoms with Gasteiger partial charge in [-0.1, -0.05) is 22.9 Å². The summed E-state index contributed by atoms with van der Waals surface area (Å²) in [6.07, 6.45) is 0.631. The number of hydrogen-bond donors (Lipinski definition) is 1. The van der Waals surface area contributed by atoms with Gasteiger partial charge in [0.15, 0.2) is 5.82 Å². The highest BCUT2D eigenvalue weighted by Gasteiger charge is 2.23. The SMILES string of the molecule is CCCn1c(-c2ccc(Br)cc2F)nnc1S(N)(=O)=O. The van der Waals surface area contributed by atoms with Crippen molar-refractivity contribution in [1.82, 2.24) is 14.8 Å². The second-order valence-electron chi connectivity index (χ2n) is 4.13. The van der Waals surface area contributed by atoms with Gasteiger partial charge < -0.3 is 0 Å². The molecule has 0 radical (unpaired) electrons. The summed E-state index contributed by atoms with van der Waals surface area (Å²) >= 11 is 3.16. The molecule has 0 aliphatic carbocycles. The van der Waals surface area contributed by atoms with Crippen molar-refractivity contribution in [3.05, 3.63) is 28.5 Å². The molecule has 9 heteroatoms. The summed E-state index contributed by atoms with van der Waals surface area (Å²) in [6, 6.07) is 4.42. The van der Waals surface area contributed by atoms with E-state index in [1.165, 1.54) is 16.7 Å². The van der Waals surface area contributed by atoms with Gasteiger partial charge in [0.1, 0.15) is 5.82 Å². The largest absolute Gasteiger partial charge is 0.297 e. The molecule has 2 N–H and O–H groups in total. The Labute approximate surface area is 124 Å². The van der Waals surface area contributed by atoms with E-state index in [1.54, 1.807) is 6.07 Å². The van der Waals surface area contributed by atoms with E-state index in [0.717, 1.165) is 0 Å². The first-order valence-corrected chi connectivity index (χ1v) is 8.10. The third-order valence-electron chi connectivity index (χ3n) is 2.59. The molecule has 0 spiro atoms. The zero-order valence-corrected chi connectivity index (χ0v) is 12.9. The summed E-state index contributed by atoms with van der Waals surface area (Å²) in [4.78, 5) is 0. The van der Waals surface area contributed by atoms with Gasteiger partial charge in [0.05, 0.1) is 5.56 Å². The van der Waals surface area contributed by atoms with Crippen molar-refractivity contribution < 1.29 is 12.8 Å². The van der Waals surface area contributed by atoms with Crippen LogP contribution in [0.15, 0.2) is 27.8 Å². The number of rotatable bonds is 4. The summed E-state index contributed by atoms with van der Waals surface area (Å²) in [6.45, 7) is 2.18. The van der Waals surface area contributed by atoms with Crippen molar-refractivity contribution in [2.75, 3.05) is 0 Å². The van der Waals surface area contributed by atoms with Crippen LogP contribution in [0.3, 0.4) is 0 Å². The fraction of sp³-hybridized carbons (Fsp3) is 0.273. The van der Waals surface area contributed by atoms with Gasteiger partial charge in [0.2, 0.25) is 0 Å². The van der Waals surface area contributed by atoms with Gasteiger partial charge in [-0.2, -0.15) is 0 Å². The molecule has 1 aromatic carbocycles. The van der Waals surface area contributed by atoms with E-state index in [4.69, 9.17) is 5.14 Å². The topological polar surface area (TPSA) is 90.9 Å². The van der Waals surface area contributed by atoms with Crippen molar-refractivity contribution in [3.8, 4) is 11.4 Å². The van der Waals surface area contributed by atoms with E-state index >= 15 is 0 Å². The van der Waals surface area contributed by atoms with Gasteiger partial charge in [-0.05, 0) is 24.6 Å². The molecule has 0 saturated heterocycles. The molecular formula is C11H12BrFN4O2S. The quantitative estimate of drug-likeness (QED) is 0.898. The number of sulfonamides is 1.